The number of aromatic nitrogens is 3. The molecule has 2 atom stereocenters. The van der Waals surface area contributed by atoms with Crippen LogP contribution >= 0.6 is 0 Å². The number of rotatable bonds is 2. The maximum Gasteiger partial charge on any atom is 0.293 e. The third kappa shape index (κ3) is 6.18. The molecule has 0 saturated carbocycles. The summed E-state index contributed by atoms with van der Waals surface area (Å²) in [5.74, 6) is 0.220. The van der Waals surface area contributed by atoms with Crippen LogP contribution in [-0.2, 0) is 14.3 Å². The number of benzene rings is 1. The van der Waals surface area contributed by atoms with Crippen LogP contribution < -0.4 is 10.6 Å². The predicted molar refractivity (Wildman–Crippen MR) is 138 cm³/mol. The van der Waals surface area contributed by atoms with Gasteiger partial charge in [0.15, 0.2) is 0 Å². The van der Waals surface area contributed by atoms with Gasteiger partial charge in [0.25, 0.3) is 5.91 Å². The lowest BCUT2D eigenvalue weighted by Crippen LogP contribution is -2.55. The van der Waals surface area contributed by atoms with E-state index in [1.54, 1.807) is 16.5 Å². The first-order chi connectivity index (χ1) is 17.7. The van der Waals surface area contributed by atoms with E-state index in [1.165, 1.54) is 0 Å². The normalized spacial score (nSPS) is 23.4. The number of carbonyl (C=O) groups excluding carboxylic acids is 3. The molecule has 1 aromatic heterocycles. The van der Waals surface area contributed by atoms with Crippen LogP contribution in [0.4, 0.5) is 0 Å². The van der Waals surface area contributed by atoms with Crippen LogP contribution in [0.25, 0.3) is 5.69 Å². The van der Waals surface area contributed by atoms with E-state index in [9.17, 15) is 14.4 Å². The Labute approximate surface area is 218 Å². The van der Waals surface area contributed by atoms with Gasteiger partial charge in [-0.1, -0.05) is 24.1 Å². The number of aryl methyl sites for hydroxylation is 2. The van der Waals surface area contributed by atoms with E-state index >= 15 is 0 Å². The van der Waals surface area contributed by atoms with E-state index in [4.69, 9.17) is 4.74 Å². The molecule has 2 fully saturated rings. The molecule has 2 aromatic rings. The van der Waals surface area contributed by atoms with Crippen molar-refractivity contribution in [3.8, 4) is 5.69 Å². The summed E-state index contributed by atoms with van der Waals surface area (Å²) in [5, 5.41) is 10.3. The Morgan fingerprint density at radius 1 is 1.03 bits per heavy atom. The molecule has 3 amide bonds. The van der Waals surface area contributed by atoms with Gasteiger partial charge in [-0.25, -0.2) is 9.67 Å². The SMILES string of the molecule is Cc1ccc(-n2nc(C(=O)N3CCC4(CCCCOC[C@H](C)NC(=O)[C@H](C)NC4=O)CC3)nc2C)cc1. The van der Waals surface area contributed by atoms with Gasteiger partial charge in [0.2, 0.25) is 17.6 Å². The molecular formula is C27H38N6O4. The van der Waals surface area contributed by atoms with Gasteiger partial charge in [-0.3, -0.25) is 14.4 Å². The lowest BCUT2D eigenvalue weighted by atomic mass is 9.73. The molecule has 2 N–H and O–H groups in total. The Hall–Kier alpha value is -3.27. The van der Waals surface area contributed by atoms with Gasteiger partial charge >= 0.3 is 0 Å². The fourth-order valence-corrected chi connectivity index (χ4v) is 5.03. The molecule has 3 heterocycles. The average Bonchev–Trinajstić information content (AvgIpc) is 3.27. The lowest BCUT2D eigenvalue weighted by Gasteiger charge is -2.41. The molecule has 0 bridgehead atoms. The van der Waals surface area contributed by atoms with E-state index in [2.05, 4.69) is 20.7 Å². The van der Waals surface area contributed by atoms with Crippen molar-refractivity contribution in [1.82, 2.24) is 30.3 Å². The van der Waals surface area contributed by atoms with Crippen LogP contribution in [-0.4, -0.2) is 75.8 Å². The number of hydrogen-bond acceptors (Lipinski definition) is 6. The van der Waals surface area contributed by atoms with Crippen molar-refractivity contribution >= 4 is 17.7 Å². The highest BCUT2D eigenvalue weighted by molar-refractivity contribution is 5.92. The van der Waals surface area contributed by atoms with E-state index in [0.717, 1.165) is 24.1 Å². The Morgan fingerprint density at radius 2 is 1.73 bits per heavy atom. The number of likely N-dealkylation sites (tertiary alicyclic amines) is 1. The largest absolute Gasteiger partial charge is 0.379 e. The maximum atomic E-state index is 13.5. The zero-order valence-electron chi connectivity index (χ0n) is 22.2. The number of nitrogens with one attached hydrogen (secondary N) is 2. The summed E-state index contributed by atoms with van der Waals surface area (Å²) in [6.07, 6.45) is 3.41. The molecule has 2 aliphatic rings. The topological polar surface area (TPSA) is 118 Å². The molecule has 2 aliphatic heterocycles. The minimum Gasteiger partial charge on any atom is -0.379 e. The van der Waals surface area contributed by atoms with Crippen LogP contribution in [0.1, 0.15) is 68.0 Å². The highest BCUT2D eigenvalue weighted by atomic mass is 16.5. The maximum absolute atomic E-state index is 13.5. The smallest absolute Gasteiger partial charge is 0.293 e. The Bertz CT molecular complexity index is 1120. The summed E-state index contributed by atoms with van der Waals surface area (Å²) in [6.45, 7) is 9.33. The van der Waals surface area contributed by atoms with Gasteiger partial charge in [-0.15, -0.1) is 5.10 Å². The highest BCUT2D eigenvalue weighted by Gasteiger charge is 2.43. The fraction of sp³-hybridized carbons (Fsp3) is 0.593. The van der Waals surface area contributed by atoms with E-state index in [1.807, 2.05) is 45.0 Å². The zero-order chi connectivity index (χ0) is 26.6. The second-order valence-electron chi connectivity index (χ2n) is 10.4. The predicted octanol–water partition coefficient (Wildman–Crippen LogP) is 2.32. The third-order valence-electron chi connectivity index (χ3n) is 7.42. The molecule has 1 aromatic carbocycles. The Morgan fingerprint density at radius 3 is 2.43 bits per heavy atom. The number of carbonyl (C=O) groups is 3. The molecule has 1 spiro atoms. The third-order valence-corrected chi connectivity index (χ3v) is 7.42. The first-order valence-electron chi connectivity index (χ1n) is 13.2. The molecule has 200 valence electrons. The van der Waals surface area contributed by atoms with Crippen molar-refractivity contribution in [1.29, 1.82) is 0 Å². The van der Waals surface area contributed by atoms with Crippen LogP contribution in [0.2, 0.25) is 0 Å². The van der Waals surface area contributed by atoms with Crippen LogP contribution in [0.3, 0.4) is 0 Å². The molecule has 0 radical (unpaired) electrons. The molecular weight excluding hydrogens is 472 g/mol. The van der Waals surface area contributed by atoms with Gasteiger partial charge in [-0.05, 0) is 65.5 Å². The van der Waals surface area contributed by atoms with Crippen molar-refractivity contribution in [2.75, 3.05) is 26.3 Å². The molecule has 2 saturated heterocycles. The molecule has 4 rings (SSSR count). The summed E-state index contributed by atoms with van der Waals surface area (Å²) in [7, 11) is 0. The van der Waals surface area contributed by atoms with Gasteiger partial charge < -0.3 is 20.3 Å². The second kappa shape index (κ2) is 11.4. The minimum absolute atomic E-state index is 0.118. The number of piperidine rings is 1. The van der Waals surface area contributed by atoms with E-state index in [0.29, 0.717) is 51.4 Å². The van der Waals surface area contributed by atoms with Crippen molar-refractivity contribution < 1.29 is 19.1 Å². The van der Waals surface area contributed by atoms with Crippen LogP contribution in [0, 0.1) is 19.3 Å². The summed E-state index contributed by atoms with van der Waals surface area (Å²) >= 11 is 0. The van der Waals surface area contributed by atoms with Crippen LogP contribution in [0.5, 0.6) is 0 Å². The average molecular weight is 511 g/mol. The molecule has 0 unspecified atom stereocenters. The number of nitrogens with zero attached hydrogens (tertiary/aromatic N) is 4. The van der Waals surface area contributed by atoms with Gasteiger partial charge in [0, 0.05) is 25.7 Å². The monoisotopic (exact) mass is 510 g/mol. The summed E-state index contributed by atoms with van der Waals surface area (Å²) in [5.41, 5.74) is 1.36. The van der Waals surface area contributed by atoms with Gasteiger partial charge in [0.05, 0.1) is 17.7 Å². The second-order valence-corrected chi connectivity index (χ2v) is 10.4. The summed E-state index contributed by atoms with van der Waals surface area (Å²) in [6, 6.07) is 7.12. The molecule has 0 aliphatic carbocycles. The van der Waals surface area contributed by atoms with Crippen molar-refractivity contribution in [2.45, 2.75) is 71.9 Å². The van der Waals surface area contributed by atoms with E-state index < -0.39 is 11.5 Å². The highest BCUT2D eigenvalue weighted by Crippen LogP contribution is 2.37. The summed E-state index contributed by atoms with van der Waals surface area (Å²) in [4.78, 5) is 45.4. The van der Waals surface area contributed by atoms with Gasteiger partial charge in [0.1, 0.15) is 11.9 Å². The Kier molecular flexibility index (Phi) is 8.26. The lowest BCUT2D eigenvalue weighted by molar-refractivity contribution is -0.137. The minimum atomic E-state index is -0.648. The number of amides is 3. The van der Waals surface area contributed by atoms with Crippen molar-refractivity contribution in [3.63, 3.8) is 0 Å². The van der Waals surface area contributed by atoms with Crippen LogP contribution in [0.15, 0.2) is 24.3 Å². The Balaban J connectivity index is 1.45. The van der Waals surface area contributed by atoms with Gasteiger partial charge in [-0.2, -0.15) is 0 Å². The fourth-order valence-electron chi connectivity index (χ4n) is 5.03. The summed E-state index contributed by atoms with van der Waals surface area (Å²) < 4.78 is 7.38. The van der Waals surface area contributed by atoms with Crippen molar-refractivity contribution in [2.24, 2.45) is 5.41 Å². The van der Waals surface area contributed by atoms with Crippen molar-refractivity contribution in [3.05, 3.63) is 41.5 Å². The van der Waals surface area contributed by atoms with E-state index in [-0.39, 0.29) is 29.6 Å². The number of ether oxygens (including phenoxy) is 1. The zero-order valence-corrected chi connectivity index (χ0v) is 22.2. The molecule has 10 nitrogen and oxygen atoms in total. The molecule has 10 heteroatoms. The quantitative estimate of drug-likeness (QED) is 0.640. The number of hydrogen-bond donors (Lipinski definition) is 2. The first-order valence-corrected chi connectivity index (χ1v) is 13.2. The first kappa shape index (κ1) is 26.8. The molecule has 37 heavy (non-hydrogen) atoms. The standard InChI is InChI=1S/C27H38N6O4/c1-18-7-9-22(10-8-18)33-21(4)30-23(31-33)25(35)32-14-12-27(13-15-32)11-5-6-16-37-17-19(2)28-24(34)20(3)29-26(27)36/h7-10,19-20H,5-6,11-17H2,1-4H3,(H,28,34)(H,29,36)/t19-,20-/m0/s1.